The summed E-state index contributed by atoms with van der Waals surface area (Å²) in [4.78, 5) is 2.17. The van der Waals surface area contributed by atoms with E-state index in [2.05, 4.69) is 32.0 Å². The van der Waals surface area contributed by atoms with Gasteiger partial charge in [-0.2, -0.15) is 0 Å². The van der Waals surface area contributed by atoms with Crippen LogP contribution in [0, 0.1) is 0 Å². The highest BCUT2D eigenvalue weighted by molar-refractivity contribution is 7.54. The third-order valence-corrected chi connectivity index (χ3v) is 1.57. The topological polar surface area (TPSA) is 3.24 Å². The van der Waals surface area contributed by atoms with Crippen molar-refractivity contribution >= 4 is 13.8 Å². The van der Waals surface area contributed by atoms with E-state index in [1.54, 1.807) is 0 Å². The van der Waals surface area contributed by atoms with Crippen LogP contribution < -0.4 is 0 Å². The second-order valence-corrected chi connectivity index (χ2v) is 4.07. The van der Waals surface area contributed by atoms with Gasteiger partial charge in [0.05, 0.1) is 20.5 Å². The van der Waals surface area contributed by atoms with E-state index >= 15 is 0 Å². The van der Waals surface area contributed by atoms with Crippen molar-refractivity contribution in [3.8, 4) is 0 Å². The van der Waals surface area contributed by atoms with E-state index in [4.69, 9.17) is 0 Å². The summed E-state index contributed by atoms with van der Waals surface area (Å²) in [5.41, 5.74) is 0. The fourth-order valence-corrected chi connectivity index (χ4v) is 1.45. The number of hydrogen-bond donors (Lipinski definition) is 0. The molecule has 0 saturated heterocycles. The van der Waals surface area contributed by atoms with Crippen molar-refractivity contribution in [3.63, 3.8) is 0 Å². The Morgan fingerprint density at radius 2 is 2.00 bits per heavy atom. The standard InChI is InChI=1S/C5H13NP/c1-6(2)5-7(3)4/h3,5H2,1-2,4H3/q+1. The average Bonchev–Trinajstić information content (AvgIpc) is 1.27. The summed E-state index contributed by atoms with van der Waals surface area (Å²) in [6, 6.07) is 0. The molecule has 0 aliphatic heterocycles. The molecule has 42 valence electrons. The Kier molecular flexibility index (Phi) is 3.23. The minimum absolute atomic E-state index is 0.0360. The summed E-state index contributed by atoms with van der Waals surface area (Å²) in [7, 11) is 4.18. The van der Waals surface area contributed by atoms with Crippen LogP contribution in [0.25, 0.3) is 0 Å². The van der Waals surface area contributed by atoms with Crippen molar-refractivity contribution in [2.24, 2.45) is 0 Å². The van der Waals surface area contributed by atoms with Crippen molar-refractivity contribution in [2.45, 2.75) is 0 Å². The van der Waals surface area contributed by atoms with Crippen LogP contribution in [-0.2, 0) is 0 Å². The molecule has 0 saturated carbocycles. The molecule has 7 heavy (non-hydrogen) atoms. The lowest BCUT2D eigenvalue weighted by atomic mass is 11.0. The summed E-state index contributed by atoms with van der Waals surface area (Å²) in [6.07, 6.45) is 5.05. The lowest BCUT2D eigenvalue weighted by Gasteiger charge is -1.99. The molecule has 0 fully saturated rings. The molecule has 0 bridgehead atoms. The Labute approximate surface area is 46.7 Å². The predicted molar refractivity (Wildman–Crippen MR) is 38.5 cm³/mol. The van der Waals surface area contributed by atoms with Gasteiger partial charge >= 0.3 is 0 Å². The van der Waals surface area contributed by atoms with Crippen molar-refractivity contribution in [3.05, 3.63) is 0 Å². The molecular formula is C5H13NP+. The molecule has 0 aromatic rings. The monoisotopic (exact) mass is 118 g/mol. The van der Waals surface area contributed by atoms with E-state index < -0.39 is 0 Å². The minimum atomic E-state index is 0.0360. The van der Waals surface area contributed by atoms with Gasteiger partial charge in [0.15, 0.2) is 6.29 Å². The van der Waals surface area contributed by atoms with Gasteiger partial charge in [0.25, 0.3) is 0 Å². The van der Waals surface area contributed by atoms with Gasteiger partial charge in [-0.1, -0.05) is 0 Å². The molecule has 1 nitrogen and oxygen atoms in total. The molecule has 0 radical (unpaired) electrons. The number of hydrogen-bond acceptors (Lipinski definition) is 1. The Morgan fingerprint density at radius 3 is 2.00 bits per heavy atom. The lowest BCUT2D eigenvalue weighted by Crippen LogP contribution is -2.09. The molecule has 0 spiro atoms. The maximum absolute atomic E-state index is 3.90. The highest BCUT2D eigenvalue weighted by Crippen LogP contribution is 2.11. The quantitative estimate of drug-likeness (QED) is 0.490. The van der Waals surface area contributed by atoms with Crippen molar-refractivity contribution in [2.75, 3.05) is 27.0 Å². The van der Waals surface area contributed by atoms with Crippen LogP contribution in [0.2, 0.25) is 0 Å². The molecule has 0 aliphatic carbocycles. The fourth-order valence-electron chi connectivity index (χ4n) is 0.483. The maximum atomic E-state index is 3.90. The first kappa shape index (κ1) is 7.13. The lowest BCUT2D eigenvalue weighted by molar-refractivity contribution is 0.483. The molecule has 2 heteroatoms. The average molecular weight is 118 g/mol. The molecule has 0 aliphatic rings. The van der Waals surface area contributed by atoms with Gasteiger partial charge in [-0.25, -0.2) is 0 Å². The zero-order valence-electron chi connectivity index (χ0n) is 5.31. The second-order valence-electron chi connectivity index (χ2n) is 2.08. The Hall–Kier alpha value is 0.130. The first-order chi connectivity index (χ1) is 3.13. The first-order valence-corrected chi connectivity index (χ1v) is 4.45. The maximum Gasteiger partial charge on any atom is 0.158 e. The second kappa shape index (κ2) is 3.17. The van der Waals surface area contributed by atoms with Crippen LogP contribution in [-0.4, -0.2) is 38.2 Å². The van der Waals surface area contributed by atoms with Gasteiger partial charge in [0.1, 0.15) is 0 Å². The van der Waals surface area contributed by atoms with Gasteiger partial charge in [0, 0.05) is 0 Å². The van der Waals surface area contributed by atoms with Crippen molar-refractivity contribution in [1.29, 1.82) is 0 Å². The summed E-state index contributed by atoms with van der Waals surface area (Å²) in [5, 5.41) is 0. The first-order valence-electron chi connectivity index (χ1n) is 2.29. The van der Waals surface area contributed by atoms with Crippen LogP contribution in [0.1, 0.15) is 0 Å². The van der Waals surface area contributed by atoms with Gasteiger partial charge in [-0.3, -0.25) is 4.90 Å². The van der Waals surface area contributed by atoms with Crippen LogP contribution in [0.3, 0.4) is 0 Å². The summed E-state index contributed by atoms with van der Waals surface area (Å²) in [5.74, 6) is 0. The molecular weight excluding hydrogens is 105 g/mol. The smallest absolute Gasteiger partial charge is 0.158 e. The van der Waals surface area contributed by atoms with E-state index in [1.165, 1.54) is 0 Å². The SMILES string of the molecule is C=[P+](C)CN(C)C. The molecule has 0 N–H and O–H groups in total. The van der Waals surface area contributed by atoms with E-state index in [9.17, 15) is 0 Å². The summed E-state index contributed by atoms with van der Waals surface area (Å²) >= 11 is 0. The highest BCUT2D eigenvalue weighted by atomic mass is 31.1. The Balaban J connectivity index is 3.13. The molecule has 0 aromatic carbocycles. The van der Waals surface area contributed by atoms with Gasteiger partial charge < -0.3 is 0 Å². The molecule has 0 rings (SSSR count). The molecule has 1 atom stereocenters. The van der Waals surface area contributed by atoms with Crippen LogP contribution in [0.15, 0.2) is 0 Å². The van der Waals surface area contributed by atoms with Crippen LogP contribution >= 0.6 is 7.55 Å². The zero-order valence-corrected chi connectivity index (χ0v) is 6.20. The van der Waals surface area contributed by atoms with Gasteiger partial charge in [0.2, 0.25) is 0 Å². The number of rotatable bonds is 2. The minimum Gasteiger partial charge on any atom is -0.272 e. The van der Waals surface area contributed by atoms with E-state index in [0.29, 0.717) is 0 Å². The third kappa shape index (κ3) is 6.13. The largest absolute Gasteiger partial charge is 0.272 e. The Morgan fingerprint density at radius 1 is 1.57 bits per heavy atom. The van der Waals surface area contributed by atoms with Gasteiger partial charge in [-0.05, 0) is 14.1 Å². The molecule has 0 heterocycles. The molecule has 0 amide bonds. The Bertz CT molecular complexity index is 68.5. The fraction of sp³-hybridized carbons (Fsp3) is 0.800. The number of nitrogens with zero attached hydrogens (tertiary/aromatic N) is 1. The predicted octanol–water partition coefficient (Wildman–Crippen LogP) is 1.05. The van der Waals surface area contributed by atoms with Crippen LogP contribution in [0.5, 0.6) is 0 Å². The van der Waals surface area contributed by atoms with Crippen molar-refractivity contribution in [1.82, 2.24) is 4.90 Å². The van der Waals surface area contributed by atoms with Crippen LogP contribution in [0.4, 0.5) is 0 Å². The molecule has 0 aromatic heterocycles. The highest BCUT2D eigenvalue weighted by Gasteiger charge is 1.95. The van der Waals surface area contributed by atoms with Gasteiger partial charge in [-0.15, -0.1) is 0 Å². The normalized spacial score (nSPS) is 12.3. The summed E-state index contributed by atoms with van der Waals surface area (Å²) < 4.78 is 0. The van der Waals surface area contributed by atoms with E-state index in [1.807, 2.05) is 0 Å². The summed E-state index contributed by atoms with van der Waals surface area (Å²) in [6.45, 7) is 2.18. The molecule has 1 unspecified atom stereocenters. The van der Waals surface area contributed by atoms with Crippen molar-refractivity contribution < 1.29 is 0 Å². The van der Waals surface area contributed by atoms with E-state index in [-0.39, 0.29) is 7.55 Å². The van der Waals surface area contributed by atoms with E-state index in [0.717, 1.165) is 6.29 Å². The zero-order chi connectivity index (χ0) is 5.86. The third-order valence-electron chi connectivity index (χ3n) is 0.524.